The SMILES string of the molecule is OCCc1nc(-c2cccc(Br)c2)no1. The third-order valence-electron chi connectivity index (χ3n) is 1.88. The molecule has 0 atom stereocenters. The number of aromatic nitrogens is 2. The van der Waals surface area contributed by atoms with Crippen molar-refractivity contribution in [2.45, 2.75) is 6.42 Å². The average molecular weight is 269 g/mol. The smallest absolute Gasteiger partial charge is 0.229 e. The zero-order valence-electron chi connectivity index (χ0n) is 7.85. The van der Waals surface area contributed by atoms with Crippen molar-refractivity contribution in [3.8, 4) is 11.4 Å². The molecule has 0 unspecified atom stereocenters. The summed E-state index contributed by atoms with van der Waals surface area (Å²) in [5.41, 5.74) is 0.886. The minimum atomic E-state index is 0.0140. The molecular weight excluding hydrogens is 260 g/mol. The number of nitrogens with zero attached hydrogens (tertiary/aromatic N) is 2. The Labute approximate surface area is 95.1 Å². The molecule has 0 saturated carbocycles. The second kappa shape index (κ2) is 4.55. The van der Waals surface area contributed by atoms with Gasteiger partial charge in [0.1, 0.15) is 0 Å². The number of halogens is 1. The van der Waals surface area contributed by atoms with Gasteiger partial charge in [0.05, 0.1) is 13.0 Å². The number of hydrogen-bond donors (Lipinski definition) is 1. The Morgan fingerprint density at radius 1 is 1.40 bits per heavy atom. The Morgan fingerprint density at radius 2 is 2.27 bits per heavy atom. The van der Waals surface area contributed by atoms with Crippen LogP contribution in [-0.4, -0.2) is 21.9 Å². The van der Waals surface area contributed by atoms with Crippen molar-refractivity contribution in [2.75, 3.05) is 6.61 Å². The number of benzene rings is 1. The minimum Gasteiger partial charge on any atom is -0.396 e. The van der Waals surface area contributed by atoms with Crippen LogP contribution in [0.5, 0.6) is 0 Å². The van der Waals surface area contributed by atoms with Gasteiger partial charge in [-0.25, -0.2) is 0 Å². The van der Waals surface area contributed by atoms with Crippen LogP contribution in [0.1, 0.15) is 5.89 Å². The van der Waals surface area contributed by atoms with E-state index in [0.29, 0.717) is 18.1 Å². The van der Waals surface area contributed by atoms with Gasteiger partial charge in [-0.3, -0.25) is 0 Å². The first kappa shape index (κ1) is 10.3. The van der Waals surface area contributed by atoms with E-state index in [9.17, 15) is 0 Å². The number of hydrogen-bond acceptors (Lipinski definition) is 4. The molecule has 5 heteroatoms. The van der Waals surface area contributed by atoms with Crippen molar-refractivity contribution in [3.63, 3.8) is 0 Å². The molecule has 0 radical (unpaired) electrons. The van der Waals surface area contributed by atoms with Gasteiger partial charge in [0.25, 0.3) is 0 Å². The normalized spacial score (nSPS) is 10.5. The molecular formula is C10H9BrN2O2. The fraction of sp³-hybridized carbons (Fsp3) is 0.200. The van der Waals surface area contributed by atoms with Crippen molar-refractivity contribution < 1.29 is 9.63 Å². The minimum absolute atomic E-state index is 0.0140. The Balaban J connectivity index is 2.29. The molecule has 1 aromatic carbocycles. The van der Waals surface area contributed by atoms with E-state index in [1.807, 2.05) is 24.3 Å². The second-order valence-electron chi connectivity index (χ2n) is 3.00. The van der Waals surface area contributed by atoms with E-state index in [4.69, 9.17) is 9.63 Å². The maximum atomic E-state index is 8.71. The van der Waals surface area contributed by atoms with Gasteiger partial charge in [0.2, 0.25) is 11.7 Å². The lowest BCUT2D eigenvalue weighted by Crippen LogP contribution is -1.90. The van der Waals surface area contributed by atoms with Gasteiger partial charge >= 0.3 is 0 Å². The molecule has 0 amide bonds. The quantitative estimate of drug-likeness (QED) is 0.926. The second-order valence-corrected chi connectivity index (χ2v) is 3.91. The summed E-state index contributed by atoms with van der Waals surface area (Å²) >= 11 is 3.37. The van der Waals surface area contributed by atoms with Gasteiger partial charge in [-0.1, -0.05) is 33.2 Å². The van der Waals surface area contributed by atoms with Crippen LogP contribution in [0.15, 0.2) is 33.3 Å². The lowest BCUT2D eigenvalue weighted by Gasteiger charge is -1.93. The van der Waals surface area contributed by atoms with Crippen molar-refractivity contribution in [1.29, 1.82) is 0 Å². The molecule has 0 bridgehead atoms. The monoisotopic (exact) mass is 268 g/mol. The van der Waals surface area contributed by atoms with Crippen molar-refractivity contribution >= 4 is 15.9 Å². The Bertz CT molecular complexity index is 456. The molecule has 0 aliphatic heterocycles. The Kier molecular flexibility index (Phi) is 3.13. The lowest BCUT2D eigenvalue weighted by atomic mass is 10.2. The van der Waals surface area contributed by atoms with Gasteiger partial charge in [-0.15, -0.1) is 0 Å². The first-order chi connectivity index (χ1) is 7.29. The van der Waals surface area contributed by atoms with Gasteiger partial charge in [0.15, 0.2) is 0 Å². The predicted molar refractivity (Wildman–Crippen MR) is 58.2 cm³/mol. The summed E-state index contributed by atoms with van der Waals surface area (Å²) in [6, 6.07) is 7.64. The van der Waals surface area contributed by atoms with Crippen LogP contribution >= 0.6 is 15.9 Å². The van der Waals surface area contributed by atoms with Crippen LogP contribution in [-0.2, 0) is 6.42 Å². The molecule has 78 valence electrons. The van der Waals surface area contributed by atoms with Crippen molar-refractivity contribution in [3.05, 3.63) is 34.6 Å². The number of rotatable bonds is 3. The standard InChI is InChI=1S/C10H9BrN2O2/c11-8-3-1-2-7(6-8)10-12-9(4-5-14)15-13-10/h1-3,6,14H,4-5H2. The zero-order chi connectivity index (χ0) is 10.7. The van der Waals surface area contributed by atoms with Crippen LogP contribution in [0.2, 0.25) is 0 Å². The molecule has 1 aromatic heterocycles. The van der Waals surface area contributed by atoms with Crippen LogP contribution in [0.4, 0.5) is 0 Å². The van der Waals surface area contributed by atoms with Crippen LogP contribution < -0.4 is 0 Å². The summed E-state index contributed by atoms with van der Waals surface area (Å²) in [4.78, 5) is 4.15. The maximum absolute atomic E-state index is 8.71. The van der Waals surface area contributed by atoms with E-state index in [-0.39, 0.29) is 6.61 Å². The first-order valence-electron chi connectivity index (χ1n) is 4.49. The molecule has 0 aliphatic rings. The maximum Gasteiger partial charge on any atom is 0.229 e. The predicted octanol–water partition coefficient (Wildman–Crippen LogP) is 2.03. The molecule has 4 nitrogen and oxygen atoms in total. The van der Waals surface area contributed by atoms with E-state index >= 15 is 0 Å². The molecule has 0 fully saturated rings. The van der Waals surface area contributed by atoms with Crippen LogP contribution in [0, 0.1) is 0 Å². The van der Waals surface area contributed by atoms with Crippen LogP contribution in [0.25, 0.3) is 11.4 Å². The molecule has 0 saturated heterocycles. The average Bonchev–Trinajstić information content (AvgIpc) is 2.67. The fourth-order valence-electron chi connectivity index (χ4n) is 1.20. The molecule has 0 aliphatic carbocycles. The molecule has 15 heavy (non-hydrogen) atoms. The summed E-state index contributed by atoms with van der Waals surface area (Å²) in [6.45, 7) is 0.0140. The van der Waals surface area contributed by atoms with Crippen molar-refractivity contribution in [2.24, 2.45) is 0 Å². The largest absolute Gasteiger partial charge is 0.396 e. The first-order valence-corrected chi connectivity index (χ1v) is 5.28. The fourth-order valence-corrected chi connectivity index (χ4v) is 1.60. The van der Waals surface area contributed by atoms with Gasteiger partial charge < -0.3 is 9.63 Å². The molecule has 2 aromatic rings. The summed E-state index contributed by atoms with van der Waals surface area (Å²) in [5, 5.41) is 12.5. The van der Waals surface area contributed by atoms with E-state index in [1.54, 1.807) is 0 Å². The highest BCUT2D eigenvalue weighted by molar-refractivity contribution is 9.10. The van der Waals surface area contributed by atoms with E-state index in [0.717, 1.165) is 10.0 Å². The van der Waals surface area contributed by atoms with Gasteiger partial charge in [-0.2, -0.15) is 4.98 Å². The Hall–Kier alpha value is -1.20. The third-order valence-corrected chi connectivity index (χ3v) is 2.37. The molecule has 0 spiro atoms. The topological polar surface area (TPSA) is 59.2 Å². The molecule has 2 rings (SSSR count). The van der Waals surface area contributed by atoms with E-state index in [2.05, 4.69) is 26.1 Å². The summed E-state index contributed by atoms with van der Waals surface area (Å²) in [5.74, 6) is 0.993. The van der Waals surface area contributed by atoms with Gasteiger partial charge in [-0.05, 0) is 12.1 Å². The summed E-state index contributed by atoms with van der Waals surface area (Å²) < 4.78 is 5.93. The highest BCUT2D eigenvalue weighted by Gasteiger charge is 2.07. The summed E-state index contributed by atoms with van der Waals surface area (Å²) in [7, 11) is 0. The van der Waals surface area contributed by atoms with E-state index < -0.39 is 0 Å². The van der Waals surface area contributed by atoms with E-state index in [1.165, 1.54) is 0 Å². The number of aliphatic hydroxyl groups excluding tert-OH is 1. The zero-order valence-corrected chi connectivity index (χ0v) is 9.44. The Morgan fingerprint density at radius 3 is 3.00 bits per heavy atom. The number of aliphatic hydroxyl groups is 1. The lowest BCUT2D eigenvalue weighted by molar-refractivity contribution is 0.274. The highest BCUT2D eigenvalue weighted by atomic mass is 79.9. The highest BCUT2D eigenvalue weighted by Crippen LogP contribution is 2.20. The molecule has 1 heterocycles. The molecule has 1 N–H and O–H groups in total. The summed E-state index contributed by atoms with van der Waals surface area (Å²) in [6.07, 6.45) is 0.390. The van der Waals surface area contributed by atoms with Crippen molar-refractivity contribution in [1.82, 2.24) is 10.1 Å². The third kappa shape index (κ3) is 2.43. The van der Waals surface area contributed by atoms with Crippen LogP contribution in [0.3, 0.4) is 0 Å². The van der Waals surface area contributed by atoms with Gasteiger partial charge in [0, 0.05) is 10.0 Å².